The molecule has 0 radical (unpaired) electrons. The smallest absolute Gasteiger partial charge is 0.173 e. The number of hydrogen-bond donors (Lipinski definition) is 2. The van der Waals surface area contributed by atoms with Crippen molar-refractivity contribution in [2.24, 2.45) is 5.11 Å². The molecule has 0 aliphatic heterocycles. The third-order valence-electron chi connectivity index (χ3n) is 4.41. The summed E-state index contributed by atoms with van der Waals surface area (Å²) in [5.74, 6) is -0.139. The second-order valence-corrected chi connectivity index (χ2v) is 5.85. The van der Waals surface area contributed by atoms with E-state index in [4.69, 9.17) is 10.9 Å². The largest absolute Gasteiger partial charge is 0.281 e. The Balaban J connectivity index is 2.20. The third-order valence-corrected chi connectivity index (χ3v) is 4.41. The number of nitrogens with zero attached hydrogens (tertiary/aromatic N) is 1. The van der Waals surface area contributed by atoms with Gasteiger partial charge in [0.25, 0.3) is 0 Å². The van der Waals surface area contributed by atoms with Crippen LogP contribution in [-0.2, 0) is 12.8 Å². The molecule has 2 aromatic carbocycles. The first kappa shape index (κ1) is 14.6. The number of amidine groups is 1. The molecule has 22 heavy (non-hydrogen) atoms. The van der Waals surface area contributed by atoms with Gasteiger partial charge in [0.05, 0.1) is 0 Å². The van der Waals surface area contributed by atoms with Crippen molar-refractivity contribution in [3.05, 3.63) is 57.9 Å². The lowest BCUT2D eigenvalue weighted by atomic mass is 9.89. The first-order valence-electron chi connectivity index (χ1n) is 7.41. The summed E-state index contributed by atoms with van der Waals surface area (Å²) in [5.41, 5.74) is 13.9. The average Bonchev–Trinajstić information content (AvgIpc) is 2.98. The van der Waals surface area contributed by atoms with Gasteiger partial charge in [-0.1, -0.05) is 6.07 Å². The second kappa shape index (κ2) is 5.44. The Morgan fingerprint density at radius 3 is 2.36 bits per heavy atom. The highest BCUT2D eigenvalue weighted by Gasteiger charge is 2.21. The van der Waals surface area contributed by atoms with Crippen molar-refractivity contribution in [3.8, 4) is 11.1 Å². The number of fused-ring (bicyclic) bond motifs is 1. The van der Waals surface area contributed by atoms with Crippen LogP contribution in [0.15, 0.2) is 29.4 Å². The van der Waals surface area contributed by atoms with E-state index in [0.29, 0.717) is 5.56 Å². The number of halogens is 1. The Morgan fingerprint density at radius 1 is 1.09 bits per heavy atom. The minimum atomic E-state index is -0.0991. The molecule has 0 amide bonds. The summed E-state index contributed by atoms with van der Waals surface area (Å²) >= 11 is 0. The van der Waals surface area contributed by atoms with E-state index in [1.165, 1.54) is 0 Å². The molecular weight excluding hydrogens is 277 g/mol. The molecule has 2 N–H and O–H groups in total. The molecule has 0 fully saturated rings. The molecule has 0 aromatic heterocycles. The summed E-state index contributed by atoms with van der Waals surface area (Å²) in [5, 5.41) is 10.9. The highest BCUT2D eigenvalue weighted by atomic mass is 19.1. The molecule has 0 saturated carbocycles. The fourth-order valence-electron chi connectivity index (χ4n) is 3.49. The predicted octanol–water partition coefficient (Wildman–Crippen LogP) is 4.95. The minimum Gasteiger partial charge on any atom is -0.281 e. The highest BCUT2D eigenvalue weighted by Crippen LogP contribution is 2.37. The molecule has 0 spiro atoms. The second-order valence-electron chi connectivity index (χ2n) is 5.85. The van der Waals surface area contributed by atoms with Crippen LogP contribution < -0.4 is 0 Å². The van der Waals surface area contributed by atoms with Crippen molar-refractivity contribution in [1.29, 1.82) is 10.9 Å². The quantitative estimate of drug-likeness (QED) is 0.447. The Morgan fingerprint density at radius 2 is 1.73 bits per heavy atom. The molecule has 3 nitrogen and oxygen atoms in total. The minimum absolute atomic E-state index is 0.0397. The Labute approximate surface area is 129 Å². The Kier molecular flexibility index (Phi) is 3.61. The normalized spacial score (nSPS) is 13.0. The van der Waals surface area contributed by atoms with E-state index in [9.17, 15) is 4.39 Å². The Bertz CT molecular complexity index is 770. The van der Waals surface area contributed by atoms with Gasteiger partial charge in [0, 0.05) is 5.56 Å². The van der Waals surface area contributed by atoms with E-state index in [2.05, 4.69) is 5.11 Å². The van der Waals surface area contributed by atoms with Gasteiger partial charge in [-0.3, -0.25) is 5.41 Å². The van der Waals surface area contributed by atoms with E-state index in [0.717, 1.165) is 52.6 Å². The van der Waals surface area contributed by atoms with Crippen molar-refractivity contribution in [3.63, 3.8) is 0 Å². The van der Waals surface area contributed by atoms with Gasteiger partial charge in [-0.15, -0.1) is 5.11 Å². The van der Waals surface area contributed by atoms with Crippen LogP contribution in [0, 0.1) is 30.6 Å². The molecule has 4 heteroatoms. The van der Waals surface area contributed by atoms with Crippen LogP contribution in [0.25, 0.3) is 11.1 Å². The summed E-state index contributed by atoms with van der Waals surface area (Å²) < 4.78 is 13.9. The summed E-state index contributed by atoms with van der Waals surface area (Å²) in [6, 6.07) is 7.20. The lowest BCUT2D eigenvalue weighted by Crippen LogP contribution is -2.00. The summed E-state index contributed by atoms with van der Waals surface area (Å²) in [4.78, 5) is 0. The van der Waals surface area contributed by atoms with E-state index in [-0.39, 0.29) is 11.7 Å². The number of aryl methyl sites for hydroxylation is 2. The predicted molar refractivity (Wildman–Crippen MR) is 85.3 cm³/mol. The molecule has 3 rings (SSSR count). The van der Waals surface area contributed by atoms with Gasteiger partial charge >= 0.3 is 0 Å². The fourth-order valence-corrected chi connectivity index (χ4v) is 3.49. The Hall–Kier alpha value is -2.36. The first-order chi connectivity index (χ1) is 10.5. The van der Waals surface area contributed by atoms with Crippen molar-refractivity contribution in [2.75, 3.05) is 0 Å². The van der Waals surface area contributed by atoms with Gasteiger partial charge in [0.2, 0.25) is 0 Å². The van der Waals surface area contributed by atoms with Crippen molar-refractivity contribution >= 4 is 5.84 Å². The monoisotopic (exact) mass is 295 g/mol. The summed E-state index contributed by atoms with van der Waals surface area (Å²) in [6.45, 7) is 3.99. The van der Waals surface area contributed by atoms with Crippen molar-refractivity contribution < 1.29 is 4.39 Å². The van der Waals surface area contributed by atoms with Crippen LogP contribution in [-0.4, -0.2) is 5.84 Å². The van der Waals surface area contributed by atoms with Gasteiger partial charge in [-0.25, -0.2) is 9.92 Å². The molecular formula is C18H18FN3. The van der Waals surface area contributed by atoms with Gasteiger partial charge in [0.15, 0.2) is 5.84 Å². The molecule has 0 unspecified atom stereocenters. The van der Waals surface area contributed by atoms with E-state index < -0.39 is 0 Å². The lowest BCUT2D eigenvalue weighted by Gasteiger charge is -2.16. The number of rotatable bonds is 2. The van der Waals surface area contributed by atoms with Crippen LogP contribution >= 0.6 is 0 Å². The van der Waals surface area contributed by atoms with Crippen LogP contribution in [0.5, 0.6) is 0 Å². The SMILES string of the molecule is Cc1cc(C(=N)N=N)cc(C)c1-c1ccc(F)c2c1CCC2. The standard InChI is InChI=1S/C18H18FN3/c1-10-8-12(18(20)22-21)9-11(2)17(10)15-6-7-16(19)14-5-3-4-13(14)15/h6-9,20-21H,3-5H2,1-2H3. The zero-order chi connectivity index (χ0) is 15.9. The van der Waals surface area contributed by atoms with Gasteiger partial charge in [-0.2, -0.15) is 0 Å². The van der Waals surface area contributed by atoms with Crippen molar-refractivity contribution in [1.82, 2.24) is 0 Å². The highest BCUT2D eigenvalue weighted by molar-refractivity contribution is 5.97. The maximum atomic E-state index is 13.9. The fraction of sp³-hybridized carbons (Fsp3) is 0.278. The maximum absolute atomic E-state index is 13.9. The zero-order valence-corrected chi connectivity index (χ0v) is 12.8. The molecule has 1 aliphatic carbocycles. The van der Waals surface area contributed by atoms with Gasteiger partial charge in [0.1, 0.15) is 5.82 Å². The van der Waals surface area contributed by atoms with E-state index in [1.807, 2.05) is 32.0 Å². The summed E-state index contributed by atoms with van der Waals surface area (Å²) in [7, 11) is 0. The number of benzene rings is 2. The summed E-state index contributed by atoms with van der Waals surface area (Å²) in [6.07, 6.45) is 2.73. The number of nitrogens with one attached hydrogen (secondary N) is 2. The average molecular weight is 295 g/mol. The lowest BCUT2D eigenvalue weighted by molar-refractivity contribution is 0.613. The van der Waals surface area contributed by atoms with Crippen molar-refractivity contribution in [2.45, 2.75) is 33.1 Å². The van der Waals surface area contributed by atoms with Crippen LogP contribution in [0.1, 0.15) is 34.2 Å². The van der Waals surface area contributed by atoms with E-state index in [1.54, 1.807) is 6.07 Å². The maximum Gasteiger partial charge on any atom is 0.173 e. The van der Waals surface area contributed by atoms with Crippen LogP contribution in [0.4, 0.5) is 4.39 Å². The molecule has 0 saturated heterocycles. The number of hydrogen-bond acceptors (Lipinski definition) is 2. The molecule has 1 aliphatic rings. The van der Waals surface area contributed by atoms with E-state index >= 15 is 0 Å². The molecule has 112 valence electrons. The topological polar surface area (TPSA) is 60.1 Å². The molecule has 2 aromatic rings. The molecule has 0 heterocycles. The van der Waals surface area contributed by atoms with Gasteiger partial charge in [-0.05, 0) is 84.7 Å². The zero-order valence-electron chi connectivity index (χ0n) is 12.8. The van der Waals surface area contributed by atoms with Gasteiger partial charge < -0.3 is 0 Å². The van der Waals surface area contributed by atoms with Crippen LogP contribution in [0.2, 0.25) is 0 Å². The molecule has 0 bridgehead atoms. The third kappa shape index (κ3) is 2.25. The first-order valence-corrected chi connectivity index (χ1v) is 7.41. The molecule has 0 atom stereocenters. The van der Waals surface area contributed by atoms with Crippen LogP contribution in [0.3, 0.4) is 0 Å².